The fourth-order valence-electron chi connectivity index (χ4n) is 14.6. The van der Waals surface area contributed by atoms with Crippen molar-refractivity contribution in [1.82, 2.24) is 50.4 Å². The number of pyridine rings is 1. The van der Waals surface area contributed by atoms with E-state index in [-0.39, 0.29) is 65.2 Å². The molecule has 0 radical (unpaired) electrons. The molecule has 6 aliphatic rings. The highest BCUT2D eigenvalue weighted by atomic mass is 32.1. The minimum absolute atomic E-state index is 0.0443. The Morgan fingerprint density at radius 2 is 1.75 bits per heavy atom. The molecule has 7 aromatic rings. The first kappa shape index (κ1) is 55.4. The fourth-order valence-corrected chi connectivity index (χ4v) is 15.4. The first-order valence-electron chi connectivity index (χ1n) is 30.0. The maximum Gasteiger partial charge on any atom is 0.319 e. The Hall–Kier alpha value is -6.84. The Morgan fingerprint density at radius 3 is 2.49 bits per heavy atom. The van der Waals surface area contributed by atoms with Crippen LogP contribution in [-0.2, 0) is 16.0 Å². The summed E-state index contributed by atoms with van der Waals surface area (Å²) in [6.07, 6.45) is 8.00. The standard InChI is InChI=1S/C63H75FN12O6S/c1-6-39-9-7-10-42-25-46(77)26-48(54(39)42)56-55(64)57-49(29-65-56)59(74-30-43-15-16-44(31-74)68-43)70-62(69-57)81-34-63-18-8-20-76(63)45(17-19-63)32-72-21-23-73(24-22-72)52-28-51(82-71-52)53(36(2)3)61(80)75-33-47(78)27-50(75)60(79)67-37(4)40-11-13-41(14-12-40)58-38(5)66-35-83-58/h7,9-14,25-26,28-29,35-37,43-45,47,50,53,68,77-78H,6,8,15-24,27,30-34H2,1-5H3,(H,67,79)/t37-,43?,44?,45-,47+,50-,53-,63-/m0/s1. The number of amides is 2. The molecule has 2 amide bonds. The van der Waals surface area contributed by atoms with Gasteiger partial charge in [-0.15, -0.1) is 11.3 Å². The summed E-state index contributed by atoms with van der Waals surface area (Å²) in [6.45, 7) is 16.9. The van der Waals surface area contributed by atoms with Gasteiger partial charge in [0.2, 0.25) is 11.8 Å². The van der Waals surface area contributed by atoms with Gasteiger partial charge in [0.25, 0.3) is 0 Å². The van der Waals surface area contributed by atoms with Crippen LogP contribution >= 0.6 is 11.3 Å². The molecular formula is C63H75FN12O6S. The molecule has 2 unspecified atom stereocenters. The number of halogens is 1. The van der Waals surface area contributed by atoms with Crippen LogP contribution in [0.1, 0.15) is 107 Å². The molecule has 0 aliphatic carbocycles. The Kier molecular flexibility index (Phi) is 15.1. The van der Waals surface area contributed by atoms with Gasteiger partial charge in [-0.05, 0) is 111 Å². The third-order valence-electron chi connectivity index (χ3n) is 18.9. The predicted molar refractivity (Wildman–Crippen MR) is 318 cm³/mol. The average molecular weight is 1150 g/mol. The van der Waals surface area contributed by atoms with Crippen molar-refractivity contribution >= 4 is 56.5 Å². The summed E-state index contributed by atoms with van der Waals surface area (Å²) in [4.78, 5) is 59.9. The van der Waals surface area contributed by atoms with E-state index in [0.29, 0.717) is 53.1 Å². The summed E-state index contributed by atoms with van der Waals surface area (Å²) in [5.41, 5.74) is 6.50. The molecular weight excluding hydrogens is 1070 g/mol. The van der Waals surface area contributed by atoms with E-state index in [1.807, 2.05) is 81.7 Å². The number of hydrogen-bond donors (Lipinski definition) is 4. The minimum Gasteiger partial charge on any atom is -0.508 e. The van der Waals surface area contributed by atoms with Crippen molar-refractivity contribution in [1.29, 1.82) is 0 Å². The highest BCUT2D eigenvalue weighted by molar-refractivity contribution is 7.13. The number of β-amino-alcohol motifs (C(OH)–C–C–N with tert-alkyl or cyclic N) is 1. The van der Waals surface area contributed by atoms with E-state index in [1.54, 1.807) is 29.7 Å². The van der Waals surface area contributed by atoms with Crippen LogP contribution in [0.4, 0.5) is 16.0 Å². The second-order valence-electron chi connectivity index (χ2n) is 24.5. The van der Waals surface area contributed by atoms with Gasteiger partial charge in [-0.25, -0.2) is 9.37 Å². The maximum absolute atomic E-state index is 17.4. The molecule has 18 nitrogen and oxygen atoms in total. The molecule has 20 heteroatoms. The second kappa shape index (κ2) is 22.6. The van der Waals surface area contributed by atoms with Crippen molar-refractivity contribution in [3.8, 4) is 33.5 Å². The average Bonchev–Trinajstić information content (AvgIpc) is 2.96. The number of thiazole rings is 1. The van der Waals surface area contributed by atoms with Gasteiger partial charge in [-0.2, -0.15) is 9.97 Å². The number of rotatable bonds is 16. The number of aromatic hydroxyl groups is 1. The molecule has 83 heavy (non-hydrogen) atoms. The molecule has 13 rings (SSSR count). The van der Waals surface area contributed by atoms with Crippen LogP contribution in [0.3, 0.4) is 0 Å². The molecule has 10 heterocycles. The van der Waals surface area contributed by atoms with E-state index in [0.717, 1.165) is 135 Å². The first-order chi connectivity index (χ1) is 40.2. The highest BCUT2D eigenvalue weighted by Gasteiger charge is 2.51. The van der Waals surface area contributed by atoms with Crippen LogP contribution in [0.15, 0.2) is 76.9 Å². The molecule has 436 valence electrons. The number of aliphatic hydroxyl groups excluding tert-OH is 1. The number of piperazine rings is 2. The SMILES string of the molecule is CCc1cccc2cc(O)cc(-c3ncc4c(N5CC6CCC(C5)N6)nc(OC[C@@]56CCCN5[C@H](CN5CCN(c7cc([C@@H](C(=O)N8C[C@H](O)C[C@H]8C(=O)N[C@@H](C)c8ccc(-c9scnc9C)cc8)C(C)C)on7)CC5)CC6)nc4c3F)c12. The largest absolute Gasteiger partial charge is 0.508 e. The van der Waals surface area contributed by atoms with Crippen LogP contribution in [-0.4, -0.2) is 163 Å². The van der Waals surface area contributed by atoms with Crippen LogP contribution in [0.5, 0.6) is 11.8 Å². The number of hydrogen-bond acceptors (Lipinski definition) is 17. The highest BCUT2D eigenvalue weighted by Crippen LogP contribution is 2.45. The zero-order valence-corrected chi connectivity index (χ0v) is 48.9. The lowest BCUT2D eigenvalue weighted by atomic mass is 9.91. The summed E-state index contributed by atoms with van der Waals surface area (Å²) in [6, 6.07) is 19.2. The lowest BCUT2D eigenvalue weighted by Crippen LogP contribution is -2.53. The number of ether oxygens (including phenoxy) is 1. The van der Waals surface area contributed by atoms with E-state index < -0.39 is 23.9 Å². The van der Waals surface area contributed by atoms with Gasteiger partial charge in [-0.3, -0.25) is 24.4 Å². The van der Waals surface area contributed by atoms with E-state index in [1.165, 1.54) is 4.90 Å². The van der Waals surface area contributed by atoms with Crippen molar-refractivity contribution in [2.24, 2.45) is 5.92 Å². The molecule has 8 atom stereocenters. The summed E-state index contributed by atoms with van der Waals surface area (Å²) >= 11 is 1.59. The third kappa shape index (κ3) is 10.6. The van der Waals surface area contributed by atoms with Crippen LogP contribution in [0.2, 0.25) is 0 Å². The molecule has 2 bridgehead atoms. The topological polar surface area (TPSA) is 202 Å². The Balaban J connectivity index is 0.658. The molecule has 0 spiro atoms. The van der Waals surface area contributed by atoms with Gasteiger partial charge >= 0.3 is 6.01 Å². The molecule has 3 aromatic carbocycles. The van der Waals surface area contributed by atoms with Gasteiger partial charge in [0, 0.05) is 94.7 Å². The monoisotopic (exact) mass is 1150 g/mol. The quantitative estimate of drug-likeness (QED) is 0.0718. The van der Waals surface area contributed by atoms with Crippen LogP contribution < -0.4 is 25.2 Å². The number of nitrogens with one attached hydrogen (secondary N) is 2. The van der Waals surface area contributed by atoms with Crippen molar-refractivity contribution in [2.45, 2.75) is 134 Å². The lowest BCUT2D eigenvalue weighted by molar-refractivity contribution is -0.141. The summed E-state index contributed by atoms with van der Waals surface area (Å²) < 4.78 is 30.2. The number of carbonyl (C=O) groups is 2. The molecule has 6 aliphatic heterocycles. The van der Waals surface area contributed by atoms with Crippen molar-refractivity contribution in [2.75, 3.05) is 75.3 Å². The van der Waals surface area contributed by atoms with Gasteiger partial charge in [0.1, 0.15) is 41.3 Å². The molecule has 6 fully saturated rings. The maximum atomic E-state index is 17.4. The molecule has 4 N–H and O–H groups in total. The smallest absolute Gasteiger partial charge is 0.319 e. The molecule has 6 saturated heterocycles. The van der Waals surface area contributed by atoms with E-state index in [2.05, 4.69) is 47.3 Å². The van der Waals surface area contributed by atoms with Crippen LogP contribution in [0.25, 0.3) is 43.4 Å². The Bertz CT molecular complexity index is 3540. The Morgan fingerprint density at radius 1 is 0.952 bits per heavy atom. The van der Waals surface area contributed by atoms with E-state index >= 15 is 4.39 Å². The number of benzene rings is 3. The molecule has 4 aromatic heterocycles. The number of fused-ring (bicyclic) bond motifs is 5. The van der Waals surface area contributed by atoms with Gasteiger partial charge in [-0.1, -0.05) is 68.4 Å². The number of phenolic OH excluding ortho intramolecular Hbond substituents is 1. The third-order valence-corrected chi connectivity index (χ3v) is 19.9. The first-order valence-corrected chi connectivity index (χ1v) is 30.8. The van der Waals surface area contributed by atoms with Gasteiger partial charge < -0.3 is 44.8 Å². The number of phenols is 1. The second-order valence-corrected chi connectivity index (χ2v) is 25.4. The van der Waals surface area contributed by atoms with E-state index in [4.69, 9.17) is 24.2 Å². The van der Waals surface area contributed by atoms with E-state index in [9.17, 15) is 19.8 Å². The number of carbonyl (C=O) groups excluding carboxylic acids is 2. The number of aliphatic hydroxyl groups is 1. The van der Waals surface area contributed by atoms with Gasteiger partial charge in [0.15, 0.2) is 17.4 Å². The zero-order valence-electron chi connectivity index (χ0n) is 48.1. The summed E-state index contributed by atoms with van der Waals surface area (Å²) in [5.74, 6) is -0.163. The number of anilines is 2. The number of aromatic nitrogens is 5. The number of aryl methyl sites for hydroxylation is 2. The zero-order chi connectivity index (χ0) is 57.3. The van der Waals surface area contributed by atoms with Crippen molar-refractivity contribution in [3.05, 3.63) is 101 Å². The van der Waals surface area contributed by atoms with Crippen molar-refractivity contribution in [3.63, 3.8) is 0 Å². The minimum atomic E-state index is -0.828. The molecule has 0 saturated carbocycles. The summed E-state index contributed by atoms with van der Waals surface area (Å²) in [5, 5.41) is 35.3. The predicted octanol–water partition coefficient (Wildman–Crippen LogP) is 8.39. The summed E-state index contributed by atoms with van der Waals surface area (Å²) in [7, 11) is 0. The van der Waals surface area contributed by atoms with Crippen LogP contribution in [0, 0.1) is 18.7 Å². The lowest BCUT2D eigenvalue weighted by Gasteiger charge is -2.39. The number of nitrogens with zero attached hydrogens (tertiary/aromatic N) is 10. The van der Waals surface area contributed by atoms with Crippen molar-refractivity contribution < 1.29 is 33.5 Å². The fraction of sp³-hybridized carbons (Fsp3) is 0.508. The van der Waals surface area contributed by atoms with Gasteiger partial charge in [0.05, 0.1) is 39.2 Å². The number of likely N-dealkylation sites (tertiary alicyclic amines) is 1. The Labute approximate surface area is 487 Å². The normalized spacial score (nSPS) is 24.6.